The Morgan fingerprint density at radius 3 is 3.13 bits per heavy atom. The van der Waals surface area contributed by atoms with E-state index in [2.05, 4.69) is 10.6 Å². The van der Waals surface area contributed by atoms with E-state index in [4.69, 9.17) is 9.47 Å². The zero-order chi connectivity index (χ0) is 10.6. The van der Waals surface area contributed by atoms with Crippen molar-refractivity contribution in [3.8, 4) is 0 Å². The van der Waals surface area contributed by atoms with E-state index in [9.17, 15) is 0 Å². The highest BCUT2D eigenvalue weighted by Gasteiger charge is 2.34. The minimum absolute atomic E-state index is 0.0708. The molecule has 2 saturated heterocycles. The Balaban J connectivity index is 1.67. The standard InChI is InChI=1S/C11H22N2O2/c1-14-11(4-6-15-9-11)8-12-7-10-3-2-5-13-10/h10,12-13H,2-9H2,1H3. The molecule has 2 aliphatic heterocycles. The minimum atomic E-state index is -0.0708. The lowest BCUT2D eigenvalue weighted by atomic mass is 10.0. The molecule has 0 bridgehead atoms. The third-order valence-corrected chi connectivity index (χ3v) is 3.50. The number of hydrogen-bond acceptors (Lipinski definition) is 4. The van der Waals surface area contributed by atoms with Gasteiger partial charge in [-0.2, -0.15) is 0 Å². The fraction of sp³-hybridized carbons (Fsp3) is 1.00. The van der Waals surface area contributed by atoms with Crippen molar-refractivity contribution in [3.05, 3.63) is 0 Å². The molecule has 0 aliphatic carbocycles. The second-order valence-corrected chi connectivity index (χ2v) is 4.61. The summed E-state index contributed by atoms with van der Waals surface area (Å²) >= 11 is 0. The predicted octanol–water partition coefficient (Wildman–Crippen LogP) is 0.134. The van der Waals surface area contributed by atoms with Crippen molar-refractivity contribution in [1.29, 1.82) is 0 Å². The van der Waals surface area contributed by atoms with Gasteiger partial charge in [-0.25, -0.2) is 0 Å². The van der Waals surface area contributed by atoms with Crippen LogP contribution in [0.5, 0.6) is 0 Å². The highest BCUT2D eigenvalue weighted by molar-refractivity contribution is 4.88. The lowest BCUT2D eigenvalue weighted by Gasteiger charge is -2.26. The predicted molar refractivity (Wildman–Crippen MR) is 59.1 cm³/mol. The Morgan fingerprint density at radius 2 is 2.53 bits per heavy atom. The first-order valence-electron chi connectivity index (χ1n) is 5.92. The van der Waals surface area contributed by atoms with Crippen LogP contribution < -0.4 is 10.6 Å². The van der Waals surface area contributed by atoms with Crippen LogP contribution in [0.15, 0.2) is 0 Å². The molecule has 2 aliphatic rings. The average Bonchev–Trinajstić information content (AvgIpc) is 2.89. The quantitative estimate of drug-likeness (QED) is 0.683. The van der Waals surface area contributed by atoms with Gasteiger partial charge in [0.1, 0.15) is 5.60 Å². The van der Waals surface area contributed by atoms with Crippen LogP contribution in [0.1, 0.15) is 19.3 Å². The van der Waals surface area contributed by atoms with E-state index >= 15 is 0 Å². The smallest absolute Gasteiger partial charge is 0.106 e. The highest BCUT2D eigenvalue weighted by atomic mass is 16.5. The monoisotopic (exact) mass is 214 g/mol. The Bertz CT molecular complexity index is 187. The van der Waals surface area contributed by atoms with E-state index < -0.39 is 0 Å². The molecule has 0 aromatic heterocycles. The Hall–Kier alpha value is -0.160. The molecule has 0 aromatic carbocycles. The van der Waals surface area contributed by atoms with Gasteiger partial charge in [0.05, 0.1) is 6.61 Å². The first-order valence-corrected chi connectivity index (χ1v) is 5.92. The zero-order valence-electron chi connectivity index (χ0n) is 9.55. The van der Waals surface area contributed by atoms with Gasteiger partial charge >= 0.3 is 0 Å². The topological polar surface area (TPSA) is 42.5 Å². The summed E-state index contributed by atoms with van der Waals surface area (Å²) in [5.74, 6) is 0. The molecule has 2 atom stereocenters. The van der Waals surface area contributed by atoms with E-state index in [0.717, 1.165) is 32.7 Å². The molecule has 2 unspecified atom stereocenters. The molecule has 2 heterocycles. The summed E-state index contributed by atoms with van der Waals surface area (Å²) < 4.78 is 10.9. The van der Waals surface area contributed by atoms with Gasteiger partial charge in [0.25, 0.3) is 0 Å². The lowest BCUT2D eigenvalue weighted by molar-refractivity contribution is -0.0158. The molecule has 0 amide bonds. The van der Waals surface area contributed by atoms with Gasteiger partial charge < -0.3 is 20.1 Å². The normalized spacial score (nSPS) is 36.2. The summed E-state index contributed by atoms with van der Waals surface area (Å²) in [4.78, 5) is 0. The third-order valence-electron chi connectivity index (χ3n) is 3.50. The van der Waals surface area contributed by atoms with Crippen LogP contribution in [0.4, 0.5) is 0 Å². The van der Waals surface area contributed by atoms with Crippen LogP contribution in [-0.4, -0.2) is 51.6 Å². The molecule has 2 rings (SSSR count). The van der Waals surface area contributed by atoms with Gasteiger partial charge in [0.2, 0.25) is 0 Å². The van der Waals surface area contributed by atoms with Gasteiger partial charge in [-0.15, -0.1) is 0 Å². The highest BCUT2D eigenvalue weighted by Crippen LogP contribution is 2.21. The van der Waals surface area contributed by atoms with Gasteiger partial charge in [-0.1, -0.05) is 0 Å². The summed E-state index contributed by atoms with van der Waals surface area (Å²) in [6, 6.07) is 0.654. The second kappa shape index (κ2) is 5.25. The summed E-state index contributed by atoms with van der Waals surface area (Å²) in [5, 5.41) is 6.97. The molecule has 15 heavy (non-hydrogen) atoms. The summed E-state index contributed by atoms with van der Waals surface area (Å²) in [6.07, 6.45) is 3.61. The van der Waals surface area contributed by atoms with E-state index in [0.29, 0.717) is 6.04 Å². The maximum Gasteiger partial charge on any atom is 0.106 e. The van der Waals surface area contributed by atoms with E-state index in [1.807, 2.05) is 0 Å². The average molecular weight is 214 g/mol. The number of nitrogens with one attached hydrogen (secondary N) is 2. The van der Waals surface area contributed by atoms with Crippen LogP contribution in [0.25, 0.3) is 0 Å². The first kappa shape index (κ1) is 11.3. The molecular formula is C11H22N2O2. The van der Waals surface area contributed by atoms with Crippen molar-refractivity contribution in [2.75, 3.05) is 40.0 Å². The largest absolute Gasteiger partial charge is 0.378 e. The van der Waals surface area contributed by atoms with E-state index in [1.54, 1.807) is 7.11 Å². The number of hydrogen-bond donors (Lipinski definition) is 2. The fourth-order valence-electron chi connectivity index (χ4n) is 2.37. The van der Waals surface area contributed by atoms with Crippen LogP contribution >= 0.6 is 0 Å². The Kier molecular flexibility index (Phi) is 3.97. The fourth-order valence-corrected chi connectivity index (χ4v) is 2.37. The van der Waals surface area contributed by atoms with Crippen molar-refractivity contribution in [1.82, 2.24) is 10.6 Å². The van der Waals surface area contributed by atoms with Crippen molar-refractivity contribution < 1.29 is 9.47 Å². The molecule has 0 aromatic rings. The van der Waals surface area contributed by atoms with Gasteiger partial charge in [0, 0.05) is 39.3 Å². The lowest BCUT2D eigenvalue weighted by Crippen LogP contribution is -2.46. The number of rotatable bonds is 5. The van der Waals surface area contributed by atoms with E-state index in [-0.39, 0.29) is 5.60 Å². The molecule has 88 valence electrons. The molecule has 0 saturated carbocycles. The van der Waals surface area contributed by atoms with Crippen molar-refractivity contribution in [2.45, 2.75) is 30.9 Å². The molecule has 0 spiro atoms. The van der Waals surface area contributed by atoms with E-state index in [1.165, 1.54) is 19.4 Å². The van der Waals surface area contributed by atoms with Gasteiger partial charge in [-0.05, 0) is 19.4 Å². The molecule has 2 fully saturated rings. The van der Waals surface area contributed by atoms with Crippen LogP contribution in [0.3, 0.4) is 0 Å². The molecule has 4 nitrogen and oxygen atoms in total. The Labute approximate surface area is 91.7 Å². The minimum Gasteiger partial charge on any atom is -0.378 e. The van der Waals surface area contributed by atoms with Gasteiger partial charge in [-0.3, -0.25) is 0 Å². The van der Waals surface area contributed by atoms with Crippen molar-refractivity contribution in [2.24, 2.45) is 0 Å². The summed E-state index contributed by atoms with van der Waals surface area (Å²) in [7, 11) is 1.78. The third kappa shape index (κ3) is 2.91. The van der Waals surface area contributed by atoms with Crippen LogP contribution in [-0.2, 0) is 9.47 Å². The van der Waals surface area contributed by atoms with Crippen molar-refractivity contribution in [3.63, 3.8) is 0 Å². The first-order chi connectivity index (χ1) is 7.35. The van der Waals surface area contributed by atoms with Gasteiger partial charge in [0.15, 0.2) is 0 Å². The van der Waals surface area contributed by atoms with Crippen LogP contribution in [0, 0.1) is 0 Å². The second-order valence-electron chi connectivity index (χ2n) is 4.61. The number of methoxy groups -OCH3 is 1. The number of ether oxygens (including phenoxy) is 2. The molecule has 2 N–H and O–H groups in total. The van der Waals surface area contributed by atoms with Crippen LogP contribution in [0.2, 0.25) is 0 Å². The molecule has 4 heteroatoms. The maximum absolute atomic E-state index is 5.56. The Morgan fingerprint density at radius 1 is 1.60 bits per heavy atom. The molecular weight excluding hydrogens is 192 g/mol. The maximum atomic E-state index is 5.56. The zero-order valence-corrected chi connectivity index (χ0v) is 9.55. The summed E-state index contributed by atoms with van der Waals surface area (Å²) in [6.45, 7) is 4.68. The molecule has 0 radical (unpaired) electrons. The van der Waals surface area contributed by atoms with Crippen molar-refractivity contribution >= 4 is 0 Å². The summed E-state index contributed by atoms with van der Waals surface area (Å²) in [5.41, 5.74) is -0.0708. The SMILES string of the molecule is COC1(CNCC2CCCN2)CCOC1.